The Morgan fingerprint density at radius 3 is 3.15 bits per heavy atom. The summed E-state index contributed by atoms with van der Waals surface area (Å²) in [4.78, 5) is 0. The Hall–Kier alpha value is 0.0700. The first kappa shape index (κ1) is 11.1. The summed E-state index contributed by atoms with van der Waals surface area (Å²) in [5, 5.41) is 6.83. The summed E-state index contributed by atoms with van der Waals surface area (Å²) in [6.45, 7) is 3.10. The molecule has 0 aromatic rings. The highest BCUT2D eigenvalue weighted by atomic mass is 32.2. The molecule has 1 heterocycles. The number of nitrogens with one attached hydrogen (secondary N) is 2. The zero-order chi connectivity index (χ0) is 9.52. The molecule has 3 nitrogen and oxygen atoms in total. The van der Waals surface area contributed by atoms with Gasteiger partial charge in [0.2, 0.25) is 0 Å². The fraction of sp³-hybridized carbons (Fsp3) is 1.00. The van der Waals surface area contributed by atoms with Gasteiger partial charge in [-0.3, -0.25) is 4.21 Å². The van der Waals surface area contributed by atoms with E-state index in [0.29, 0.717) is 6.04 Å². The Bertz CT molecular complexity index is 156. The molecule has 0 aliphatic carbocycles. The molecule has 2 unspecified atom stereocenters. The molecule has 4 heteroatoms. The SMILES string of the molecule is CS(=O)CCNC1CCCCNC1. The normalized spacial score (nSPS) is 26.7. The Morgan fingerprint density at radius 1 is 1.54 bits per heavy atom. The van der Waals surface area contributed by atoms with Crippen LogP contribution in [-0.4, -0.2) is 41.9 Å². The number of hydrogen-bond acceptors (Lipinski definition) is 3. The first-order chi connectivity index (χ1) is 6.29. The van der Waals surface area contributed by atoms with Crippen molar-refractivity contribution in [1.29, 1.82) is 0 Å². The standard InChI is InChI=1S/C9H20N2OS/c1-13(12)7-6-11-9-4-2-3-5-10-8-9/h9-11H,2-8H2,1H3. The van der Waals surface area contributed by atoms with Crippen LogP contribution in [0.4, 0.5) is 0 Å². The zero-order valence-corrected chi connectivity index (χ0v) is 9.16. The minimum Gasteiger partial charge on any atom is -0.315 e. The van der Waals surface area contributed by atoms with Gasteiger partial charge in [0.15, 0.2) is 0 Å². The summed E-state index contributed by atoms with van der Waals surface area (Å²) in [7, 11) is -0.657. The maximum absolute atomic E-state index is 10.8. The molecule has 13 heavy (non-hydrogen) atoms. The molecule has 0 spiro atoms. The van der Waals surface area contributed by atoms with Gasteiger partial charge >= 0.3 is 0 Å². The molecule has 0 radical (unpaired) electrons. The second-order valence-corrected chi connectivity index (χ2v) is 5.18. The third kappa shape index (κ3) is 5.39. The molecule has 0 bridgehead atoms. The van der Waals surface area contributed by atoms with Crippen LogP contribution in [0.3, 0.4) is 0 Å². The summed E-state index contributed by atoms with van der Waals surface area (Å²) in [5.41, 5.74) is 0. The smallest absolute Gasteiger partial charge is 0.0357 e. The summed E-state index contributed by atoms with van der Waals surface area (Å²) < 4.78 is 10.8. The van der Waals surface area contributed by atoms with E-state index in [2.05, 4.69) is 10.6 Å². The van der Waals surface area contributed by atoms with E-state index < -0.39 is 10.8 Å². The van der Waals surface area contributed by atoms with E-state index in [4.69, 9.17) is 0 Å². The molecule has 0 amide bonds. The summed E-state index contributed by atoms with van der Waals surface area (Å²) in [6, 6.07) is 0.589. The highest BCUT2D eigenvalue weighted by Crippen LogP contribution is 2.03. The van der Waals surface area contributed by atoms with E-state index in [1.54, 1.807) is 6.26 Å². The van der Waals surface area contributed by atoms with E-state index in [1.165, 1.54) is 19.3 Å². The van der Waals surface area contributed by atoms with Crippen molar-refractivity contribution in [2.24, 2.45) is 0 Å². The molecule has 1 aliphatic rings. The average Bonchev–Trinajstić information content (AvgIpc) is 2.32. The van der Waals surface area contributed by atoms with Crippen molar-refractivity contribution in [2.75, 3.05) is 31.6 Å². The molecule has 1 aliphatic heterocycles. The van der Waals surface area contributed by atoms with Gasteiger partial charge in [0.25, 0.3) is 0 Å². The summed E-state index contributed by atoms with van der Waals surface area (Å²) >= 11 is 0. The lowest BCUT2D eigenvalue weighted by Crippen LogP contribution is -2.38. The lowest BCUT2D eigenvalue weighted by Gasteiger charge is -2.15. The van der Waals surface area contributed by atoms with Gasteiger partial charge < -0.3 is 10.6 Å². The van der Waals surface area contributed by atoms with Crippen molar-refractivity contribution < 1.29 is 4.21 Å². The van der Waals surface area contributed by atoms with Crippen LogP contribution in [0, 0.1) is 0 Å². The Kier molecular flexibility index (Phi) is 5.58. The van der Waals surface area contributed by atoms with Crippen molar-refractivity contribution >= 4 is 10.8 Å². The van der Waals surface area contributed by atoms with Crippen LogP contribution in [0.2, 0.25) is 0 Å². The van der Waals surface area contributed by atoms with Gasteiger partial charge in [0.1, 0.15) is 0 Å². The second-order valence-electron chi connectivity index (χ2n) is 3.63. The molecule has 2 atom stereocenters. The molecular weight excluding hydrogens is 184 g/mol. The fourth-order valence-corrected chi connectivity index (χ4v) is 2.01. The molecule has 0 saturated carbocycles. The molecule has 1 fully saturated rings. The first-order valence-electron chi connectivity index (χ1n) is 5.03. The van der Waals surface area contributed by atoms with Gasteiger partial charge in [-0.2, -0.15) is 0 Å². The minimum absolute atomic E-state index is 0.589. The summed E-state index contributed by atoms with van der Waals surface area (Å²) in [5.74, 6) is 0.774. The lowest BCUT2D eigenvalue weighted by atomic mass is 10.1. The van der Waals surface area contributed by atoms with Crippen molar-refractivity contribution in [3.8, 4) is 0 Å². The molecular formula is C9H20N2OS. The van der Waals surface area contributed by atoms with Gasteiger partial charge in [0, 0.05) is 41.9 Å². The number of rotatable bonds is 4. The largest absolute Gasteiger partial charge is 0.315 e. The minimum atomic E-state index is -0.657. The third-order valence-electron chi connectivity index (χ3n) is 2.37. The zero-order valence-electron chi connectivity index (χ0n) is 8.34. The molecule has 1 rings (SSSR count). The second kappa shape index (κ2) is 6.51. The highest BCUT2D eigenvalue weighted by molar-refractivity contribution is 7.84. The Morgan fingerprint density at radius 2 is 2.38 bits per heavy atom. The van der Waals surface area contributed by atoms with E-state index in [0.717, 1.165) is 25.4 Å². The van der Waals surface area contributed by atoms with Gasteiger partial charge in [-0.15, -0.1) is 0 Å². The van der Waals surface area contributed by atoms with E-state index in [1.807, 2.05) is 0 Å². The van der Waals surface area contributed by atoms with Crippen molar-refractivity contribution in [3.05, 3.63) is 0 Å². The van der Waals surface area contributed by atoms with Crippen molar-refractivity contribution in [1.82, 2.24) is 10.6 Å². The van der Waals surface area contributed by atoms with Crippen LogP contribution >= 0.6 is 0 Å². The van der Waals surface area contributed by atoms with Gasteiger partial charge in [-0.1, -0.05) is 6.42 Å². The van der Waals surface area contributed by atoms with Gasteiger partial charge in [-0.25, -0.2) is 0 Å². The van der Waals surface area contributed by atoms with Crippen LogP contribution in [0.5, 0.6) is 0 Å². The van der Waals surface area contributed by atoms with Gasteiger partial charge in [-0.05, 0) is 19.4 Å². The number of hydrogen-bond donors (Lipinski definition) is 2. The van der Waals surface area contributed by atoms with E-state index in [-0.39, 0.29) is 0 Å². The fourth-order valence-electron chi connectivity index (χ4n) is 1.60. The maximum atomic E-state index is 10.8. The predicted octanol–water partition coefficient (Wildman–Crippen LogP) is 0.0966. The van der Waals surface area contributed by atoms with Crippen LogP contribution in [0.25, 0.3) is 0 Å². The third-order valence-corrected chi connectivity index (χ3v) is 3.15. The van der Waals surface area contributed by atoms with Crippen LogP contribution in [0.15, 0.2) is 0 Å². The van der Waals surface area contributed by atoms with Crippen molar-refractivity contribution in [2.45, 2.75) is 25.3 Å². The molecule has 0 aromatic heterocycles. The monoisotopic (exact) mass is 204 g/mol. The van der Waals surface area contributed by atoms with E-state index in [9.17, 15) is 4.21 Å². The molecule has 1 saturated heterocycles. The molecule has 78 valence electrons. The van der Waals surface area contributed by atoms with E-state index >= 15 is 0 Å². The van der Waals surface area contributed by atoms with Crippen molar-refractivity contribution in [3.63, 3.8) is 0 Å². The lowest BCUT2D eigenvalue weighted by molar-refractivity contribution is 0.489. The quantitative estimate of drug-likeness (QED) is 0.682. The maximum Gasteiger partial charge on any atom is 0.0357 e. The predicted molar refractivity (Wildman–Crippen MR) is 57.4 cm³/mol. The van der Waals surface area contributed by atoms with Gasteiger partial charge in [0.05, 0.1) is 0 Å². The highest BCUT2D eigenvalue weighted by Gasteiger charge is 2.10. The van der Waals surface area contributed by atoms with Crippen LogP contribution < -0.4 is 10.6 Å². The molecule has 2 N–H and O–H groups in total. The average molecular weight is 204 g/mol. The molecule has 0 aromatic carbocycles. The Balaban J connectivity index is 2.08. The first-order valence-corrected chi connectivity index (χ1v) is 6.76. The van der Waals surface area contributed by atoms with Crippen LogP contribution in [-0.2, 0) is 10.8 Å². The Labute approximate surface area is 83.1 Å². The topological polar surface area (TPSA) is 41.1 Å². The van der Waals surface area contributed by atoms with Crippen LogP contribution in [0.1, 0.15) is 19.3 Å². The summed E-state index contributed by atoms with van der Waals surface area (Å²) in [6.07, 6.45) is 5.61.